The Bertz CT molecular complexity index is 436. The van der Waals surface area contributed by atoms with Crippen molar-refractivity contribution in [2.24, 2.45) is 5.73 Å². The topological polar surface area (TPSA) is 41.8 Å². The van der Waals surface area contributed by atoms with Gasteiger partial charge in [-0.2, -0.15) is 0 Å². The second-order valence-electron chi connectivity index (χ2n) is 3.18. The molecule has 0 aliphatic carbocycles. The van der Waals surface area contributed by atoms with Gasteiger partial charge in [0.2, 0.25) is 0 Å². The maximum atomic E-state index is 12.3. The van der Waals surface area contributed by atoms with Crippen molar-refractivity contribution in [3.8, 4) is 0 Å². The van der Waals surface area contributed by atoms with Gasteiger partial charge < -0.3 is 10.7 Å². The van der Waals surface area contributed by atoms with Crippen molar-refractivity contribution in [2.75, 3.05) is 0 Å². The van der Waals surface area contributed by atoms with Gasteiger partial charge in [-0.25, -0.2) is 8.78 Å². The molecule has 1 aromatic heterocycles. The van der Waals surface area contributed by atoms with Gasteiger partial charge in [-0.15, -0.1) is 0 Å². The van der Waals surface area contributed by atoms with Gasteiger partial charge in [0.15, 0.2) is 0 Å². The summed E-state index contributed by atoms with van der Waals surface area (Å²) in [4.78, 5) is 2.99. The van der Waals surface area contributed by atoms with E-state index in [2.05, 4.69) is 4.98 Å². The molecule has 4 heteroatoms. The van der Waals surface area contributed by atoms with Gasteiger partial charge in [0.05, 0.1) is 6.04 Å². The molecule has 0 spiro atoms. The average molecular weight is 196 g/mol. The van der Waals surface area contributed by atoms with E-state index in [1.54, 1.807) is 24.4 Å². The molecule has 0 saturated carbocycles. The van der Waals surface area contributed by atoms with E-state index in [4.69, 9.17) is 5.73 Å². The number of benzene rings is 1. The van der Waals surface area contributed by atoms with Crippen LogP contribution in [-0.2, 0) is 0 Å². The number of H-pyrrole nitrogens is 1. The Kier molecular flexibility index (Phi) is 2.21. The molecule has 0 saturated heterocycles. The molecule has 2 nitrogen and oxygen atoms in total. The van der Waals surface area contributed by atoms with E-state index in [1.165, 1.54) is 0 Å². The van der Waals surface area contributed by atoms with Crippen LogP contribution in [0.15, 0.2) is 30.5 Å². The Balaban J connectivity index is 2.43. The average Bonchev–Trinajstić information content (AvgIpc) is 2.62. The minimum absolute atomic E-state index is 0.465. The summed E-state index contributed by atoms with van der Waals surface area (Å²) in [6.45, 7) is 0. The first-order valence-electron chi connectivity index (χ1n) is 4.29. The van der Waals surface area contributed by atoms with E-state index in [-0.39, 0.29) is 0 Å². The lowest BCUT2D eigenvalue weighted by Gasteiger charge is -2.10. The molecule has 1 atom stereocenters. The number of rotatable bonds is 2. The fraction of sp³-hybridized carbons (Fsp3) is 0.200. The predicted octanol–water partition coefficient (Wildman–Crippen LogP) is 2.43. The van der Waals surface area contributed by atoms with Crippen LogP contribution in [0.1, 0.15) is 11.6 Å². The fourth-order valence-corrected chi connectivity index (χ4v) is 1.42. The Morgan fingerprint density at radius 3 is 2.71 bits per heavy atom. The van der Waals surface area contributed by atoms with Gasteiger partial charge >= 0.3 is 0 Å². The van der Waals surface area contributed by atoms with Crippen molar-refractivity contribution in [1.29, 1.82) is 0 Å². The van der Waals surface area contributed by atoms with Crippen LogP contribution in [0.4, 0.5) is 8.78 Å². The summed E-state index contributed by atoms with van der Waals surface area (Å²) in [6.07, 6.45) is -0.756. The lowest BCUT2D eigenvalue weighted by molar-refractivity contribution is 0.116. The Labute approximate surface area is 79.7 Å². The van der Waals surface area contributed by atoms with Crippen LogP contribution in [0.3, 0.4) is 0 Å². The smallest absolute Gasteiger partial charge is 0.257 e. The first-order chi connectivity index (χ1) is 6.68. The summed E-state index contributed by atoms with van der Waals surface area (Å²) in [5.41, 5.74) is 6.73. The van der Waals surface area contributed by atoms with Crippen LogP contribution in [0, 0.1) is 0 Å². The summed E-state index contributed by atoms with van der Waals surface area (Å²) in [5, 5.41) is 0.901. The number of nitrogens with two attached hydrogens (primary N) is 1. The van der Waals surface area contributed by atoms with Crippen LogP contribution < -0.4 is 5.73 Å². The van der Waals surface area contributed by atoms with Crippen molar-refractivity contribution in [3.63, 3.8) is 0 Å². The number of nitrogens with one attached hydrogen (secondary N) is 1. The summed E-state index contributed by atoms with van der Waals surface area (Å²) >= 11 is 0. The molecule has 1 heterocycles. The molecule has 0 aliphatic rings. The summed E-state index contributed by atoms with van der Waals surface area (Å²) in [7, 11) is 0. The van der Waals surface area contributed by atoms with E-state index in [1.807, 2.05) is 6.07 Å². The van der Waals surface area contributed by atoms with E-state index in [0.29, 0.717) is 5.56 Å². The van der Waals surface area contributed by atoms with Crippen LogP contribution in [0.25, 0.3) is 10.9 Å². The van der Waals surface area contributed by atoms with Crippen molar-refractivity contribution >= 4 is 10.9 Å². The highest BCUT2D eigenvalue weighted by atomic mass is 19.3. The lowest BCUT2D eigenvalue weighted by atomic mass is 10.1. The molecule has 0 bridgehead atoms. The summed E-state index contributed by atoms with van der Waals surface area (Å²) < 4.78 is 24.6. The van der Waals surface area contributed by atoms with Gasteiger partial charge in [0, 0.05) is 11.7 Å². The number of aromatic amines is 1. The molecule has 1 aromatic carbocycles. The molecule has 0 amide bonds. The van der Waals surface area contributed by atoms with E-state index in [0.717, 1.165) is 10.9 Å². The Hall–Kier alpha value is -1.42. The highest BCUT2D eigenvalue weighted by Gasteiger charge is 2.17. The lowest BCUT2D eigenvalue weighted by Crippen LogP contribution is -2.18. The maximum Gasteiger partial charge on any atom is 0.257 e. The summed E-state index contributed by atoms with van der Waals surface area (Å²) in [6, 6.07) is 5.69. The maximum absolute atomic E-state index is 12.3. The zero-order valence-electron chi connectivity index (χ0n) is 7.37. The van der Waals surface area contributed by atoms with E-state index < -0.39 is 12.5 Å². The second-order valence-corrected chi connectivity index (χ2v) is 3.18. The molecule has 14 heavy (non-hydrogen) atoms. The van der Waals surface area contributed by atoms with Crippen LogP contribution in [0.5, 0.6) is 0 Å². The third-order valence-corrected chi connectivity index (χ3v) is 2.23. The number of alkyl halides is 2. The van der Waals surface area contributed by atoms with Crippen molar-refractivity contribution in [2.45, 2.75) is 12.5 Å². The third-order valence-electron chi connectivity index (χ3n) is 2.23. The molecule has 0 radical (unpaired) electrons. The predicted molar refractivity (Wildman–Crippen MR) is 51.2 cm³/mol. The van der Waals surface area contributed by atoms with Gasteiger partial charge in [0.1, 0.15) is 0 Å². The highest BCUT2D eigenvalue weighted by molar-refractivity contribution is 5.80. The quantitative estimate of drug-likeness (QED) is 0.761. The molecule has 2 aromatic rings. The second kappa shape index (κ2) is 3.38. The van der Waals surface area contributed by atoms with E-state index >= 15 is 0 Å². The number of fused-ring (bicyclic) bond motifs is 1. The molecular formula is C10H10F2N2. The van der Waals surface area contributed by atoms with Gasteiger partial charge in [0.25, 0.3) is 6.43 Å². The molecule has 0 aliphatic heterocycles. The molecular weight excluding hydrogens is 186 g/mol. The minimum Gasteiger partial charge on any atom is -0.361 e. The number of halogens is 2. The van der Waals surface area contributed by atoms with E-state index in [9.17, 15) is 8.78 Å². The fourth-order valence-electron chi connectivity index (χ4n) is 1.42. The van der Waals surface area contributed by atoms with Gasteiger partial charge in [-0.1, -0.05) is 6.07 Å². The monoisotopic (exact) mass is 196 g/mol. The largest absolute Gasteiger partial charge is 0.361 e. The van der Waals surface area contributed by atoms with Crippen LogP contribution in [-0.4, -0.2) is 11.4 Å². The molecule has 1 unspecified atom stereocenters. The standard InChI is InChI=1S/C10H10F2N2/c11-10(12)9(13)7-1-2-8-6(5-7)3-4-14-8/h1-5,9-10,14H,13H2. The minimum atomic E-state index is -2.52. The molecule has 74 valence electrons. The highest BCUT2D eigenvalue weighted by Crippen LogP contribution is 2.22. The Morgan fingerprint density at radius 2 is 2.00 bits per heavy atom. The number of hydrogen-bond donors (Lipinski definition) is 2. The van der Waals surface area contributed by atoms with Crippen LogP contribution >= 0.6 is 0 Å². The van der Waals surface area contributed by atoms with Crippen molar-refractivity contribution in [1.82, 2.24) is 4.98 Å². The number of aromatic nitrogens is 1. The zero-order valence-corrected chi connectivity index (χ0v) is 7.37. The molecule has 3 N–H and O–H groups in total. The molecule has 2 rings (SSSR count). The summed E-state index contributed by atoms with van der Waals surface area (Å²) in [5.74, 6) is 0. The van der Waals surface area contributed by atoms with Gasteiger partial charge in [-0.05, 0) is 29.1 Å². The third kappa shape index (κ3) is 1.48. The molecule has 0 fully saturated rings. The van der Waals surface area contributed by atoms with Crippen molar-refractivity contribution in [3.05, 3.63) is 36.0 Å². The first-order valence-corrected chi connectivity index (χ1v) is 4.29. The Morgan fingerprint density at radius 1 is 1.21 bits per heavy atom. The van der Waals surface area contributed by atoms with Crippen molar-refractivity contribution < 1.29 is 8.78 Å². The SMILES string of the molecule is NC(c1ccc2[nH]ccc2c1)C(F)F. The normalized spacial score (nSPS) is 13.7. The number of hydrogen-bond acceptors (Lipinski definition) is 1. The first kappa shape index (κ1) is 9.15. The zero-order chi connectivity index (χ0) is 10.1. The van der Waals surface area contributed by atoms with Crippen LogP contribution in [0.2, 0.25) is 0 Å². The van der Waals surface area contributed by atoms with Gasteiger partial charge in [-0.3, -0.25) is 0 Å².